The van der Waals surface area contributed by atoms with Crippen molar-refractivity contribution in [2.24, 2.45) is 5.92 Å². The van der Waals surface area contributed by atoms with Crippen molar-refractivity contribution in [2.75, 3.05) is 43.5 Å². The molecule has 1 atom stereocenters. The Balaban J connectivity index is 1.45. The molecule has 1 fully saturated rings. The molecule has 182 valence electrons. The average molecular weight is 488 g/mol. The van der Waals surface area contributed by atoms with Gasteiger partial charge in [0.25, 0.3) is 0 Å². The second-order valence-electron chi connectivity index (χ2n) is 8.24. The summed E-state index contributed by atoms with van der Waals surface area (Å²) in [5, 5.41) is 5.67. The molecular weight excluding hydrogens is 458 g/mol. The number of amides is 2. The number of carbonyl (C=O) groups excluding carboxylic acids is 2. The van der Waals surface area contributed by atoms with Gasteiger partial charge in [0.15, 0.2) is 0 Å². The number of para-hydroxylation sites is 1. The fourth-order valence-electron chi connectivity index (χ4n) is 4.15. The third kappa shape index (κ3) is 5.40. The summed E-state index contributed by atoms with van der Waals surface area (Å²) in [6.07, 6.45) is 1.07. The van der Waals surface area contributed by atoms with Crippen molar-refractivity contribution >= 4 is 33.2 Å². The SMILES string of the molecule is CCOc1ccc(S(=O)(=O)N2CCOCC2)cc1NC(=O)CC[C@@H]1Cc2ccccc2NC1=O. The largest absolute Gasteiger partial charge is 0.492 e. The summed E-state index contributed by atoms with van der Waals surface area (Å²) < 4.78 is 38.3. The predicted octanol–water partition coefficient (Wildman–Crippen LogP) is 2.64. The van der Waals surface area contributed by atoms with E-state index in [9.17, 15) is 18.0 Å². The van der Waals surface area contributed by atoms with Crippen LogP contribution in [0.25, 0.3) is 0 Å². The van der Waals surface area contributed by atoms with Crippen LogP contribution >= 0.6 is 0 Å². The Bertz CT molecular complexity index is 1160. The Kier molecular flexibility index (Phi) is 7.50. The first kappa shape index (κ1) is 24.2. The van der Waals surface area contributed by atoms with Crippen molar-refractivity contribution in [2.45, 2.75) is 31.1 Å². The lowest BCUT2D eigenvalue weighted by atomic mass is 9.89. The fraction of sp³-hybridized carbons (Fsp3) is 0.417. The summed E-state index contributed by atoms with van der Waals surface area (Å²) in [6, 6.07) is 12.1. The molecule has 0 aliphatic carbocycles. The van der Waals surface area contributed by atoms with Crippen molar-refractivity contribution < 1.29 is 27.5 Å². The zero-order valence-electron chi connectivity index (χ0n) is 19.1. The fourth-order valence-corrected chi connectivity index (χ4v) is 5.58. The molecule has 0 unspecified atom stereocenters. The molecular formula is C24H29N3O6S. The highest BCUT2D eigenvalue weighted by atomic mass is 32.2. The summed E-state index contributed by atoms with van der Waals surface area (Å²) in [7, 11) is -3.72. The van der Waals surface area contributed by atoms with E-state index in [1.807, 2.05) is 31.2 Å². The van der Waals surface area contributed by atoms with E-state index >= 15 is 0 Å². The number of ether oxygens (including phenoxy) is 2. The summed E-state index contributed by atoms with van der Waals surface area (Å²) in [4.78, 5) is 25.3. The number of carbonyl (C=O) groups is 2. The number of rotatable bonds is 8. The number of nitrogens with zero attached hydrogens (tertiary/aromatic N) is 1. The Morgan fingerprint density at radius 3 is 2.74 bits per heavy atom. The van der Waals surface area contributed by atoms with Crippen molar-refractivity contribution in [1.82, 2.24) is 4.31 Å². The molecule has 0 aromatic heterocycles. The maximum Gasteiger partial charge on any atom is 0.243 e. The summed E-state index contributed by atoms with van der Waals surface area (Å²) >= 11 is 0. The molecule has 0 bridgehead atoms. The topological polar surface area (TPSA) is 114 Å². The van der Waals surface area contributed by atoms with Gasteiger partial charge in [-0.1, -0.05) is 18.2 Å². The number of morpholine rings is 1. The molecule has 0 saturated carbocycles. The minimum Gasteiger partial charge on any atom is -0.492 e. The van der Waals surface area contributed by atoms with E-state index in [1.54, 1.807) is 6.07 Å². The molecule has 2 aliphatic rings. The molecule has 2 aromatic rings. The standard InChI is InChI=1S/C24H29N3O6S/c1-2-33-22-9-8-19(34(30,31)27-11-13-32-14-12-27)16-21(22)25-23(28)10-7-18-15-17-5-3-4-6-20(17)26-24(18)29/h3-6,8-9,16,18H,2,7,10-15H2,1H3,(H,25,28)(H,26,29)/t18-/m1/s1. The first-order chi connectivity index (χ1) is 16.4. The second kappa shape index (κ2) is 10.5. The first-order valence-corrected chi connectivity index (χ1v) is 12.9. The Hall–Kier alpha value is -2.95. The number of hydrogen-bond donors (Lipinski definition) is 2. The number of fused-ring (bicyclic) bond motifs is 1. The van der Waals surface area contributed by atoms with E-state index in [2.05, 4.69) is 10.6 Å². The Morgan fingerprint density at radius 1 is 1.21 bits per heavy atom. The van der Waals surface area contributed by atoms with Gasteiger partial charge in [-0.25, -0.2) is 8.42 Å². The summed E-state index contributed by atoms with van der Waals surface area (Å²) in [6.45, 7) is 3.43. The van der Waals surface area contributed by atoms with Gasteiger partial charge < -0.3 is 20.1 Å². The number of hydrogen-bond acceptors (Lipinski definition) is 6. The van der Waals surface area contributed by atoms with Crippen LogP contribution in [0.2, 0.25) is 0 Å². The van der Waals surface area contributed by atoms with Crippen LogP contribution < -0.4 is 15.4 Å². The third-order valence-corrected chi connectivity index (χ3v) is 7.86. The molecule has 2 aromatic carbocycles. The summed E-state index contributed by atoms with van der Waals surface area (Å²) in [5.74, 6) is -0.324. The van der Waals surface area contributed by atoms with Crippen LogP contribution in [0.1, 0.15) is 25.3 Å². The maximum absolute atomic E-state index is 13.0. The van der Waals surface area contributed by atoms with Gasteiger partial charge in [0.1, 0.15) is 5.75 Å². The van der Waals surface area contributed by atoms with Gasteiger partial charge in [-0.3, -0.25) is 9.59 Å². The van der Waals surface area contributed by atoms with Gasteiger partial charge in [0.05, 0.1) is 30.4 Å². The lowest BCUT2D eigenvalue weighted by molar-refractivity contribution is -0.121. The monoisotopic (exact) mass is 487 g/mol. The van der Waals surface area contributed by atoms with Gasteiger partial charge in [-0.15, -0.1) is 0 Å². The second-order valence-corrected chi connectivity index (χ2v) is 10.2. The molecule has 4 rings (SSSR count). The highest BCUT2D eigenvalue weighted by Gasteiger charge is 2.28. The van der Waals surface area contributed by atoms with Crippen molar-refractivity contribution in [3.63, 3.8) is 0 Å². The number of sulfonamides is 1. The van der Waals surface area contributed by atoms with Crippen molar-refractivity contribution in [3.8, 4) is 5.75 Å². The minimum atomic E-state index is -3.72. The van der Waals surface area contributed by atoms with E-state index < -0.39 is 10.0 Å². The highest BCUT2D eigenvalue weighted by Crippen LogP contribution is 2.31. The first-order valence-electron chi connectivity index (χ1n) is 11.4. The minimum absolute atomic E-state index is 0.0800. The van der Waals surface area contributed by atoms with Crippen molar-refractivity contribution in [1.29, 1.82) is 0 Å². The van der Waals surface area contributed by atoms with Crippen molar-refractivity contribution in [3.05, 3.63) is 48.0 Å². The lowest BCUT2D eigenvalue weighted by Crippen LogP contribution is -2.40. The molecule has 10 heteroatoms. The molecule has 2 amide bonds. The van der Waals surface area contributed by atoms with Gasteiger partial charge in [-0.05, 0) is 49.6 Å². The van der Waals surface area contributed by atoms with Gasteiger partial charge >= 0.3 is 0 Å². The maximum atomic E-state index is 13.0. The van der Waals surface area contributed by atoms with Gasteiger partial charge in [0, 0.05) is 31.1 Å². The number of benzene rings is 2. The molecule has 1 saturated heterocycles. The van der Waals surface area contributed by atoms with Crippen LogP contribution in [0.5, 0.6) is 5.75 Å². The Labute approximate surface area is 199 Å². The predicted molar refractivity (Wildman–Crippen MR) is 127 cm³/mol. The zero-order valence-corrected chi connectivity index (χ0v) is 19.9. The van der Waals surface area contributed by atoms with Crippen LogP contribution in [-0.2, 0) is 30.8 Å². The molecule has 0 radical (unpaired) electrons. The van der Waals surface area contributed by atoms with E-state index in [4.69, 9.17) is 9.47 Å². The molecule has 9 nitrogen and oxygen atoms in total. The molecule has 2 heterocycles. The smallest absolute Gasteiger partial charge is 0.243 e. The van der Waals surface area contributed by atoms with Crippen LogP contribution in [0.4, 0.5) is 11.4 Å². The van der Waals surface area contributed by atoms with Crippen LogP contribution in [-0.4, -0.2) is 57.4 Å². The van der Waals surface area contributed by atoms with Crippen LogP contribution in [0.15, 0.2) is 47.4 Å². The number of nitrogens with one attached hydrogen (secondary N) is 2. The lowest BCUT2D eigenvalue weighted by Gasteiger charge is -2.26. The van der Waals surface area contributed by atoms with Crippen LogP contribution in [0.3, 0.4) is 0 Å². The zero-order chi connectivity index (χ0) is 24.1. The van der Waals surface area contributed by atoms with Gasteiger partial charge in [-0.2, -0.15) is 4.31 Å². The molecule has 0 spiro atoms. The third-order valence-electron chi connectivity index (χ3n) is 5.96. The van der Waals surface area contributed by atoms with E-state index in [1.165, 1.54) is 16.4 Å². The normalized spacial score (nSPS) is 18.6. The van der Waals surface area contributed by atoms with Crippen LogP contribution in [0, 0.1) is 5.92 Å². The highest BCUT2D eigenvalue weighted by molar-refractivity contribution is 7.89. The van der Waals surface area contributed by atoms with E-state index in [-0.39, 0.29) is 42.1 Å². The molecule has 2 N–H and O–H groups in total. The van der Waals surface area contributed by atoms with E-state index in [0.717, 1.165) is 11.3 Å². The molecule has 34 heavy (non-hydrogen) atoms. The molecule has 2 aliphatic heterocycles. The Morgan fingerprint density at radius 2 is 1.97 bits per heavy atom. The van der Waals surface area contributed by atoms with E-state index in [0.29, 0.717) is 44.1 Å². The number of anilines is 2. The van der Waals surface area contributed by atoms with Gasteiger partial charge in [0.2, 0.25) is 21.8 Å². The summed E-state index contributed by atoms with van der Waals surface area (Å²) in [5.41, 5.74) is 2.15. The average Bonchev–Trinajstić information content (AvgIpc) is 2.84. The quantitative estimate of drug-likeness (QED) is 0.592.